The van der Waals surface area contributed by atoms with Gasteiger partial charge < -0.3 is 10.6 Å². The van der Waals surface area contributed by atoms with E-state index in [-0.39, 0.29) is 0 Å². The molecule has 0 amide bonds. The predicted molar refractivity (Wildman–Crippen MR) is 82.3 cm³/mol. The highest BCUT2D eigenvalue weighted by Gasteiger charge is 2.25. The van der Waals surface area contributed by atoms with Gasteiger partial charge in [0.25, 0.3) is 0 Å². The van der Waals surface area contributed by atoms with Crippen LogP contribution >= 0.6 is 0 Å². The molecule has 1 aliphatic carbocycles. The molecule has 1 aliphatic heterocycles. The summed E-state index contributed by atoms with van der Waals surface area (Å²) in [6, 6.07) is 0.923. The molecule has 3 nitrogen and oxygen atoms in total. The number of rotatable bonds is 7. The highest BCUT2D eigenvalue weighted by Crippen LogP contribution is 2.24. The Morgan fingerprint density at radius 3 is 2.37 bits per heavy atom. The van der Waals surface area contributed by atoms with Gasteiger partial charge in [-0.15, -0.1) is 0 Å². The van der Waals surface area contributed by atoms with E-state index in [0.29, 0.717) is 0 Å². The summed E-state index contributed by atoms with van der Waals surface area (Å²) in [6.07, 6.45) is 9.72. The zero-order chi connectivity index (χ0) is 13.5. The summed E-state index contributed by atoms with van der Waals surface area (Å²) in [7, 11) is 0. The maximum Gasteiger partial charge on any atom is 0.0113 e. The third kappa shape index (κ3) is 5.05. The maximum atomic E-state index is 5.60. The SMILES string of the molecule is CC(CCN)CCCN1CCN(C2CCCC2)CC1. The van der Waals surface area contributed by atoms with Crippen molar-refractivity contribution in [3.05, 3.63) is 0 Å². The maximum absolute atomic E-state index is 5.60. The first-order valence-electron chi connectivity index (χ1n) is 8.46. The van der Waals surface area contributed by atoms with Crippen molar-refractivity contribution >= 4 is 0 Å². The first-order chi connectivity index (χ1) is 9.29. The monoisotopic (exact) mass is 267 g/mol. The fraction of sp³-hybridized carbons (Fsp3) is 1.00. The Hall–Kier alpha value is -0.120. The van der Waals surface area contributed by atoms with Crippen molar-refractivity contribution in [2.75, 3.05) is 39.3 Å². The summed E-state index contributed by atoms with van der Waals surface area (Å²) in [4.78, 5) is 5.42. The lowest BCUT2D eigenvalue weighted by Gasteiger charge is -2.38. The van der Waals surface area contributed by atoms with Crippen molar-refractivity contribution in [2.45, 2.75) is 57.9 Å². The fourth-order valence-electron chi connectivity index (χ4n) is 3.71. The first kappa shape index (κ1) is 15.3. The second-order valence-electron chi connectivity index (χ2n) is 6.64. The molecule has 19 heavy (non-hydrogen) atoms. The van der Waals surface area contributed by atoms with E-state index in [2.05, 4.69) is 16.7 Å². The largest absolute Gasteiger partial charge is 0.330 e. The Labute approximate surface area is 119 Å². The van der Waals surface area contributed by atoms with Gasteiger partial charge in [-0.3, -0.25) is 4.90 Å². The zero-order valence-electron chi connectivity index (χ0n) is 12.8. The van der Waals surface area contributed by atoms with E-state index < -0.39 is 0 Å². The van der Waals surface area contributed by atoms with Crippen LogP contribution in [0.3, 0.4) is 0 Å². The molecule has 1 unspecified atom stereocenters. The van der Waals surface area contributed by atoms with Crippen LogP contribution in [0.4, 0.5) is 0 Å². The molecule has 1 heterocycles. The Balaban J connectivity index is 1.55. The van der Waals surface area contributed by atoms with Crippen molar-refractivity contribution in [2.24, 2.45) is 11.7 Å². The summed E-state index contributed by atoms with van der Waals surface area (Å²) in [5.41, 5.74) is 5.60. The molecule has 0 aromatic rings. The van der Waals surface area contributed by atoms with E-state index in [9.17, 15) is 0 Å². The molecule has 0 aromatic carbocycles. The van der Waals surface area contributed by atoms with E-state index in [1.54, 1.807) is 0 Å². The topological polar surface area (TPSA) is 32.5 Å². The molecule has 1 saturated carbocycles. The molecule has 0 radical (unpaired) electrons. The molecule has 2 aliphatic rings. The van der Waals surface area contributed by atoms with Gasteiger partial charge in [0.05, 0.1) is 0 Å². The van der Waals surface area contributed by atoms with E-state index >= 15 is 0 Å². The van der Waals surface area contributed by atoms with Crippen molar-refractivity contribution in [1.82, 2.24) is 9.80 Å². The molecule has 0 spiro atoms. The number of piperazine rings is 1. The van der Waals surface area contributed by atoms with Crippen LogP contribution in [0, 0.1) is 5.92 Å². The van der Waals surface area contributed by atoms with Crippen LogP contribution in [-0.2, 0) is 0 Å². The van der Waals surface area contributed by atoms with Crippen LogP contribution < -0.4 is 5.73 Å². The van der Waals surface area contributed by atoms with Crippen LogP contribution in [0.1, 0.15) is 51.9 Å². The standard InChI is InChI=1S/C16H33N3/c1-15(8-9-17)5-4-10-18-11-13-19(14-12-18)16-6-2-3-7-16/h15-16H,2-14,17H2,1H3. The molecular weight excluding hydrogens is 234 g/mol. The second kappa shape index (κ2) is 8.23. The van der Waals surface area contributed by atoms with E-state index in [1.807, 2.05) is 0 Å². The molecule has 112 valence electrons. The number of hydrogen-bond donors (Lipinski definition) is 1. The van der Waals surface area contributed by atoms with Gasteiger partial charge in [-0.2, -0.15) is 0 Å². The van der Waals surface area contributed by atoms with Gasteiger partial charge in [0.1, 0.15) is 0 Å². The van der Waals surface area contributed by atoms with Gasteiger partial charge in [0, 0.05) is 32.2 Å². The minimum atomic E-state index is 0.810. The summed E-state index contributed by atoms with van der Waals surface area (Å²) in [5, 5.41) is 0. The Morgan fingerprint density at radius 2 is 1.74 bits per heavy atom. The summed E-state index contributed by atoms with van der Waals surface area (Å²) in [6.45, 7) is 9.69. The minimum Gasteiger partial charge on any atom is -0.330 e. The summed E-state index contributed by atoms with van der Waals surface area (Å²) >= 11 is 0. The smallest absolute Gasteiger partial charge is 0.0113 e. The van der Waals surface area contributed by atoms with Gasteiger partial charge in [-0.1, -0.05) is 19.8 Å². The lowest BCUT2D eigenvalue weighted by atomic mass is 10.0. The van der Waals surface area contributed by atoms with Crippen LogP contribution in [-0.4, -0.2) is 55.1 Å². The predicted octanol–water partition coefficient (Wildman–Crippen LogP) is 2.31. The Bertz CT molecular complexity index is 230. The number of nitrogens with two attached hydrogens (primary N) is 1. The Kier molecular flexibility index (Phi) is 6.62. The quantitative estimate of drug-likeness (QED) is 0.768. The molecule has 1 saturated heterocycles. The Morgan fingerprint density at radius 1 is 1.05 bits per heavy atom. The minimum absolute atomic E-state index is 0.810. The van der Waals surface area contributed by atoms with Gasteiger partial charge >= 0.3 is 0 Å². The first-order valence-corrected chi connectivity index (χ1v) is 8.46. The van der Waals surface area contributed by atoms with Gasteiger partial charge in [-0.25, -0.2) is 0 Å². The highest BCUT2D eigenvalue weighted by molar-refractivity contribution is 4.81. The molecule has 0 bridgehead atoms. The van der Waals surface area contributed by atoms with Crippen LogP contribution in [0.15, 0.2) is 0 Å². The third-order valence-corrected chi connectivity index (χ3v) is 5.08. The van der Waals surface area contributed by atoms with E-state index in [4.69, 9.17) is 5.73 Å². The van der Waals surface area contributed by atoms with Crippen molar-refractivity contribution < 1.29 is 0 Å². The molecule has 2 N–H and O–H groups in total. The van der Waals surface area contributed by atoms with E-state index in [1.165, 1.54) is 77.7 Å². The van der Waals surface area contributed by atoms with Gasteiger partial charge in [-0.05, 0) is 51.1 Å². The zero-order valence-corrected chi connectivity index (χ0v) is 12.8. The normalized spacial score (nSPS) is 24.9. The van der Waals surface area contributed by atoms with Crippen LogP contribution in [0.25, 0.3) is 0 Å². The fourth-order valence-corrected chi connectivity index (χ4v) is 3.71. The highest BCUT2D eigenvalue weighted by atomic mass is 15.3. The number of hydrogen-bond acceptors (Lipinski definition) is 3. The number of nitrogens with zero attached hydrogens (tertiary/aromatic N) is 2. The molecule has 1 atom stereocenters. The average Bonchev–Trinajstić information content (AvgIpc) is 2.94. The molecule has 2 rings (SSSR count). The van der Waals surface area contributed by atoms with Crippen molar-refractivity contribution in [1.29, 1.82) is 0 Å². The van der Waals surface area contributed by atoms with Gasteiger partial charge in [0.15, 0.2) is 0 Å². The van der Waals surface area contributed by atoms with Gasteiger partial charge in [0.2, 0.25) is 0 Å². The molecular formula is C16H33N3. The summed E-state index contributed by atoms with van der Waals surface area (Å²) < 4.78 is 0. The van der Waals surface area contributed by atoms with Crippen molar-refractivity contribution in [3.8, 4) is 0 Å². The van der Waals surface area contributed by atoms with Crippen LogP contribution in [0.2, 0.25) is 0 Å². The van der Waals surface area contributed by atoms with Crippen molar-refractivity contribution in [3.63, 3.8) is 0 Å². The third-order valence-electron chi connectivity index (χ3n) is 5.08. The molecule has 0 aromatic heterocycles. The second-order valence-corrected chi connectivity index (χ2v) is 6.64. The molecule has 2 fully saturated rings. The van der Waals surface area contributed by atoms with Crippen LogP contribution in [0.5, 0.6) is 0 Å². The van der Waals surface area contributed by atoms with E-state index in [0.717, 1.165) is 18.5 Å². The lowest BCUT2D eigenvalue weighted by Crippen LogP contribution is -2.49. The summed E-state index contributed by atoms with van der Waals surface area (Å²) in [5.74, 6) is 0.810. The lowest BCUT2D eigenvalue weighted by molar-refractivity contribution is 0.0960. The average molecular weight is 267 g/mol. The molecule has 3 heteroatoms.